The molecule has 0 atom stereocenters. The third-order valence-electron chi connectivity index (χ3n) is 2.43. The van der Waals surface area contributed by atoms with Crippen LogP contribution in [0.1, 0.15) is 6.92 Å². The van der Waals surface area contributed by atoms with Crippen LogP contribution in [0, 0.1) is 0 Å². The van der Waals surface area contributed by atoms with Gasteiger partial charge in [0.2, 0.25) is 5.91 Å². The van der Waals surface area contributed by atoms with E-state index in [1.807, 2.05) is 6.07 Å². The third kappa shape index (κ3) is 4.12. The maximum Gasteiger partial charge on any atom is 0.242 e. The van der Waals surface area contributed by atoms with Gasteiger partial charge in [0.05, 0.1) is 12.4 Å². The van der Waals surface area contributed by atoms with E-state index in [4.69, 9.17) is 5.11 Å². The summed E-state index contributed by atoms with van der Waals surface area (Å²) in [5.41, 5.74) is 0.671. The van der Waals surface area contributed by atoms with E-state index in [2.05, 4.69) is 0 Å². The summed E-state index contributed by atoms with van der Waals surface area (Å²) in [7, 11) is -3.54. The monoisotopic (exact) mass is 271 g/mol. The molecule has 0 unspecified atom stereocenters. The average molecular weight is 271 g/mol. The lowest BCUT2D eigenvalue weighted by atomic mass is 10.3. The van der Waals surface area contributed by atoms with Gasteiger partial charge in [-0.05, 0) is 19.1 Å². The first kappa shape index (κ1) is 14.7. The molecule has 0 aliphatic rings. The Morgan fingerprint density at radius 3 is 2.39 bits per heavy atom. The Labute approximate surface area is 107 Å². The van der Waals surface area contributed by atoms with Crippen LogP contribution in [0.4, 0.5) is 5.69 Å². The summed E-state index contributed by atoms with van der Waals surface area (Å²) in [6.45, 7) is 1.72. The van der Waals surface area contributed by atoms with Gasteiger partial charge >= 0.3 is 0 Å². The van der Waals surface area contributed by atoms with Gasteiger partial charge in [-0.1, -0.05) is 18.2 Å². The van der Waals surface area contributed by atoms with E-state index in [9.17, 15) is 13.2 Å². The molecular weight excluding hydrogens is 254 g/mol. The molecular formula is C12H17NO4S. The molecule has 18 heavy (non-hydrogen) atoms. The highest BCUT2D eigenvalue weighted by Crippen LogP contribution is 2.13. The van der Waals surface area contributed by atoms with Gasteiger partial charge < -0.3 is 10.0 Å². The molecule has 5 nitrogen and oxygen atoms in total. The number of amides is 1. The molecule has 0 saturated carbocycles. The largest absolute Gasteiger partial charge is 0.395 e. The van der Waals surface area contributed by atoms with Crippen LogP contribution in [0.5, 0.6) is 0 Å². The molecule has 1 rings (SSSR count). The van der Waals surface area contributed by atoms with Crippen molar-refractivity contribution >= 4 is 21.4 Å². The molecule has 1 amide bonds. The molecule has 6 heteroatoms. The highest BCUT2D eigenvalue weighted by molar-refractivity contribution is 7.92. The highest BCUT2D eigenvalue weighted by atomic mass is 32.2. The maximum absolute atomic E-state index is 11.9. The van der Waals surface area contributed by atoms with Crippen LogP contribution in [-0.2, 0) is 14.6 Å². The molecule has 0 heterocycles. The van der Waals surface area contributed by atoms with Crippen LogP contribution in [0.15, 0.2) is 30.3 Å². The predicted molar refractivity (Wildman–Crippen MR) is 70.2 cm³/mol. The second kappa shape index (κ2) is 6.51. The van der Waals surface area contributed by atoms with Crippen LogP contribution >= 0.6 is 0 Å². The number of hydrogen-bond donors (Lipinski definition) is 1. The first-order chi connectivity index (χ1) is 8.50. The summed E-state index contributed by atoms with van der Waals surface area (Å²) >= 11 is 0. The van der Waals surface area contributed by atoms with Crippen molar-refractivity contribution in [2.24, 2.45) is 0 Å². The number of carbonyl (C=O) groups excluding carboxylic acids is 1. The molecule has 0 spiro atoms. The number of para-hydroxylation sites is 1. The van der Waals surface area contributed by atoms with E-state index in [0.29, 0.717) is 12.2 Å². The van der Waals surface area contributed by atoms with Crippen molar-refractivity contribution in [2.75, 3.05) is 29.6 Å². The summed E-state index contributed by atoms with van der Waals surface area (Å²) in [6, 6.07) is 8.89. The van der Waals surface area contributed by atoms with Gasteiger partial charge in [-0.15, -0.1) is 0 Å². The van der Waals surface area contributed by atoms with Gasteiger partial charge in [0.15, 0.2) is 9.84 Å². The molecule has 100 valence electrons. The maximum atomic E-state index is 11.9. The summed E-state index contributed by atoms with van der Waals surface area (Å²) in [5.74, 6) is -1.43. The van der Waals surface area contributed by atoms with Crippen LogP contribution in [0.2, 0.25) is 0 Å². The Morgan fingerprint density at radius 1 is 1.28 bits per heavy atom. The number of hydrogen-bond acceptors (Lipinski definition) is 4. The number of aliphatic hydroxyl groups excluding tert-OH is 1. The van der Waals surface area contributed by atoms with Crippen LogP contribution in [0.3, 0.4) is 0 Å². The minimum Gasteiger partial charge on any atom is -0.395 e. The zero-order valence-electron chi connectivity index (χ0n) is 10.2. The zero-order valence-corrected chi connectivity index (χ0v) is 11.1. The minimum absolute atomic E-state index is 0.384. The fourth-order valence-electron chi connectivity index (χ4n) is 1.59. The lowest BCUT2D eigenvalue weighted by Gasteiger charge is -2.20. The lowest BCUT2D eigenvalue weighted by molar-refractivity contribution is -0.116. The number of aliphatic hydroxyl groups is 1. The number of rotatable bonds is 6. The standard InChI is InChI=1S/C12H17NO4S/c1-2-13(11-6-4-3-5-7-11)12(15)10-18(16,17)9-8-14/h3-7,14H,2,8-10H2,1H3. The van der Waals surface area contributed by atoms with Crippen molar-refractivity contribution in [2.45, 2.75) is 6.92 Å². The SMILES string of the molecule is CCN(C(=O)CS(=O)(=O)CCO)c1ccccc1. The predicted octanol–water partition coefficient (Wildman–Crippen LogP) is 0.447. The summed E-state index contributed by atoms with van der Waals surface area (Å²) in [5, 5.41) is 8.62. The average Bonchev–Trinajstić information content (AvgIpc) is 2.30. The second-order valence-corrected chi connectivity index (χ2v) is 5.97. The van der Waals surface area contributed by atoms with Crippen molar-refractivity contribution < 1.29 is 18.3 Å². The summed E-state index contributed by atoms with van der Waals surface area (Å²) in [4.78, 5) is 13.3. The van der Waals surface area contributed by atoms with E-state index in [1.54, 1.807) is 31.2 Å². The molecule has 1 N–H and O–H groups in total. The molecule has 0 aromatic heterocycles. The van der Waals surface area contributed by atoms with Gasteiger partial charge in [0.25, 0.3) is 0 Å². The Kier molecular flexibility index (Phi) is 5.30. The smallest absolute Gasteiger partial charge is 0.242 e. The lowest BCUT2D eigenvalue weighted by Crippen LogP contribution is -2.36. The number of sulfone groups is 1. The first-order valence-electron chi connectivity index (χ1n) is 5.67. The van der Waals surface area contributed by atoms with Crippen molar-refractivity contribution in [3.8, 4) is 0 Å². The molecule has 0 bridgehead atoms. The Bertz CT molecular complexity index is 484. The minimum atomic E-state index is -3.54. The Hall–Kier alpha value is -1.40. The molecule has 0 fully saturated rings. The molecule has 0 saturated heterocycles. The zero-order chi connectivity index (χ0) is 13.6. The van der Waals surface area contributed by atoms with Gasteiger partial charge in [0.1, 0.15) is 5.75 Å². The van der Waals surface area contributed by atoms with Crippen LogP contribution in [-0.4, -0.2) is 44.1 Å². The second-order valence-electron chi connectivity index (χ2n) is 3.79. The fraction of sp³-hybridized carbons (Fsp3) is 0.417. The fourth-order valence-corrected chi connectivity index (χ4v) is 2.54. The number of benzene rings is 1. The van der Waals surface area contributed by atoms with Crippen LogP contribution in [0.25, 0.3) is 0 Å². The summed E-state index contributed by atoms with van der Waals surface area (Å²) in [6.07, 6.45) is 0. The number of anilines is 1. The van der Waals surface area contributed by atoms with Crippen molar-refractivity contribution in [3.05, 3.63) is 30.3 Å². The molecule has 0 aliphatic heterocycles. The Morgan fingerprint density at radius 2 is 1.89 bits per heavy atom. The third-order valence-corrected chi connectivity index (χ3v) is 3.92. The molecule has 0 aliphatic carbocycles. The van der Waals surface area contributed by atoms with E-state index >= 15 is 0 Å². The molecule has 0 radical (unpaired) electrons. The molecule has 1 aromatic rings. The quantitative estimate of drug-likeness (QED) is 0.815. The first-order valence-corrected chi connectivity index (χ1v) is 7.49. The van der Waals surface area contributed by atoms with E-state index in [-0.39, 0.29) is 5.75 Å². The summed E-state index contributed by atoms with van der Waals surface area (Å²) < 4.78 is 23.0. The highest BCUT2D eigenvalue weighted by Gasteiger charge is 2.21. The van der Waals surface area contributed by atoms with E-state index < -0.39 is 28.1 Å². The van der Waals surface area contributed by atoms with E-state index in [1.165, 1.54) is 4.90 Å². The normalized spacial score (nSPS) is 11.2. The van der Waals surface area contributed by atoms with Gasteiger partial charge in [-0.3, -0.25) is 4.79 Å². The van der Waals surface area contributed by atoms with E-state index in [0.717, 1.165) is 0 Å². The van der Waals surface area contributed by atoms with Crippen molar-refractivity contribution in [1.82, 2.24) is 0 Å². The van der Waals surface area contributed by atoms with Gasteiger partial charge in [0, 0.05) is 12.2 Å². The molecule has 1 aromatic carbocycles. The number of nitrogens with zero attached hydrogens (tertiary/aromatic N) is 1. The van der Waals surface area contributed by atoms with Gasteiger partial charge in [-0.2, -0.15) is 0 Å². The Balaban J connectivity index is 2.82. The van der Waals surface area contributed by atoms with Crippen molar-refractivity contribution in [3.63, 3.8) is 0 Å². The topological polar surface area (TPSA) is 74.7 Å². The number of carbonyl (C=O) groups is 1. The van der Waals surface area contributed by atoms with Crippen molar-refractivity contribution in [1.29, 1.82) is 0 Å². The van der Waals surface area contributed by atoms with Crippen LogP contribution < -0.4 is 4.90 Å². The van der Waals surface area contributed by atoms with Gasteiger partial charge in [-0.25, -0.2) is 8.42 Å².